The molecule has 0 unspecified atom stereocenters. The molecule has 0 saturated carbocycles. The van der Waals surface area contributed by atoms with E-state index in [4.69, 9.17) is 5.73 Å². The van der Waals surface area contributed by atoms with Crippen LogP contribution in [0.15, 0.2) is 66.9 Å². The monoisotopic (exact) mass is 252 g/mol. The second-order valence-corrected chi connectivity index (χ2v) is 4.14. The number of carbonyl (C=O) groups is 1. The van der Waals surface area contributed by atoms with Crippen LogP contribution in [0.2, 0.25) is 0 Å². The molecule has 0 fully saturated rings. The Bertz CT molecular complexity index is 576. The highest BCUT2D eigenvalue weighted by molar-refractivity contribution is 6.04. The molecule has 3 heteroatoms. The molecule has 0 atom stereocenters. The summed E-state index contributed by atoms with van der Waals surface area (Å²) in [6.07, 6.45) is 3.18. The number of hydrogen-bond acceptors (Lipinski definition) is 3. The number of ketones is 1. The number of anilines is 1. The quantitative estimate of drug-likeness (QED) is 0.489. The van der Waals surface area contributed by atoms with Crippen LogP contribution in [0.25, 0.3) is 0 Å². The molecule has 2 aromatic rings. The first kappa shape index (κ1) is 12.9. The summed E-state index contributed by atoms with van der Waals surface area (Å²) in [4.78, 5) is 11.8. The second kappa shape index (κ2) is 6.40. The maximum Gasteiger partial charge on any atom is 0.187 e. The van der Waals surface area contributed by atoms with Crippen LogP contribution in [0.1, 0.15) is 15.9 Å². The average molecular weight is 252 g/mol. The highest BCUT2D eigenvalue weighted by Gasteiger charge is 1.99. The van der Waals surface area contributed by atoms with Gasteiger partial charge in [0, 0.05) is 30.1 Å². The highest BCUT2D eigenvalue weighted by Crippen LogP contribution is 2.09. The number of para-hydroxylation sites is 1. The van der Waals surface area contributed by atoms with E-state index in [1.54, 1.807) is 18.3 Å². The zero-order valence-corrected chi connectivity index (χ0v) is 10.5. The summed E-state index contributed by atoms with van der Waals surface area (Å²) in [5, 5.41) is 3.06. The van der Waals surface area contributed by atoms with Gasteiger partial charge in [-0.05, 0) is 11.6 Å². The van der Waals surface area contributed by atoms with Gasteiger partial charge in [0.25, 0.3) is 0 Å². The maximum absolute atomic E-state index is 11.8. The summed E-state index contributed by atoms with van der Waals surface area (Å²) in [6.45, 7) is 0.602. The van der Waals surface area contributed by atoms with Gasteiger partial charge >= 0.3 is 0 Å². The van der Waals surface area contributed by atoms with Crippen LogP contribution in [-0.4, -0.2) is 5.78 Å². The summed E-state index contributed by atoms with van der Waals surface area (Å²) in [6, 6.07) is 16.8. The summed E-state index contributed by atoms with van der Waals surface area (Å²) < 4.78 is 0. The van der Waals surface area contributed by atoms with Crippen molar-refractivity contribution in [3.05, 3.63) is 78.0 Å². The predicted octanol–water partition coefficient (Wildman–Crippen LogP) is 2.76. The van der Waals surface area contributed by atoms with Crippen LogP contribution in [-0.2, 0) is 6.54 Å². The molecule has 0 bridgehead atoms. The molecule has 3 N–H and O–H groups in total. The third-order valence-corrected chi connectivity index (χ3v) is 2.76. The molecule has 19 heavy (non-hydrogen) atoms. The lowest BCUT2D eigenvalue weighted by atomic mass is 10.1. The molecule has 0 spiro atoms. The molecule has 0 heterocycles. The second-order valence-electron chi connectivity index (χ2n) is 4.14. The van der Waals surface area contributed by atoms with E-state index in [1.807, 2.05) is 42.5 Å². The van der Waals surface area contributed by atoms with Gasteiger partial charge in [-0.1, -0.05) is 48.5 Å². The molecule has 0 aliphatic heterocycles. The van der Waals surface area contributed by atoms with Gasteiger partial charge < -0.3 is 11.1 Å². The fraction of sp³-hybridized carbons (Fsp3) is 0.0625. The first-order valence-corrected chi connectivity index (χ1v) is 6.10. The Morgan fingerprint density at radius 3 is 2.47 bits per heavy atom. The molecular formula is C16H16N2O. The standard InChI is InChI=1S/C16H16N2O/c17-15-9-5-4-8-14(15)12-18-11-10-16(19)13-6-2-1-3-7-13/h1-11,18H,12,17H2/b11-10-. The molecule has 3 nitrogen and oxygen atoms in total. The van der Waals surface area contributed by atoms with E-state index >= 15 is 0 Å². The Kier molecular flexibility index (Phi) is 4.34. The smallest absolute Gasteiger partial charge is 0.187 e. The number of hydrogen-bond donors (Lipinski definition) is 2. The van der Waals surface area contributed by atoms with E-state index in [9.17, 15) is 4.79 Å². The van der Waals surface area contributed by atoms with Gasteiger partial charge in [0.15, 0.2) is 5.78 Å². The van der Waals surface area contributed by atoms with Crippen molar-refractivity contribution in [2.24, 2.45) is 0 Å². The van der Waals surface area contributed by atoms with Crippen molar-refractivity contribution < 1.29 is 4.79 Å². The molecule has 2 aromatic carbocycles. The zero-order chi connectivity index (χ0) is 13.5. The minimum Gasteiger partial charge on any atom is -0.398 e. The molecule has 0 radical (unpaired) electrons. The lowest BCUT2D eigenvalue weighted by Gasteiger charge is -2.04. The molecule has 96 valence electrons. The van der Waals surface area contributed by atoms with Gasteiger partial charge in [0.1, 0.15) is 0 Å². The predicted molar refractivity (Wildman–Crippen MR) is 77.6 cm³/mol. The van der Waals surface area contributed by atoms with Crippen LogP contribution in [0.4, 0.5) is 5.69 Å². The van der Waals surface area contributed by atoms with E-state index in [1.165, 1.54) is 6.08 Å². The molecule has 0 aliphatic rings. The summed E-state index contributed by atoms with van der Waals surface area (Å²) >= 11 is 0. The van der Waals surface area contributed by atoms with Gasteiger partial charge in [-0.2, -0.15) is 0 Å². The zero-order valence-electron chi connectivity index (χ0n) is 10.5. The van der Waals surface area contributed by atoms with Crippen LogP contribution < -0.4 is 11.1 Å². The van der Waals surface area contributed by atoms with Gasteiger partial charge in [-0.3, -0.25) is 4.79 Å². The number of benzene rings is 2. The van der Waals surface area contributed by atoms with Crippen molar-refractivity contribution in [3.63, 3.8) is 0 Å². The minimum atomic E-state index is -0.0193. The first-order chi connectivity index (χ1) is 9.27. The summed E-state index contributed by atoms with van der Waals surface area (Å²) in [7, 11) is 0. The molecule has 0 amide bonds. The van der Waals surface area contributed by atoms with Crippen LogP contribution in [0.3, 0.4) is 0 Å². The fourth-order valence-corrected chi connectivity index (χ4v) is 1.70. The van der Waals surface area contributed by atoms with Crippen LogP contribution in [0, 0.1) is 0 Å². The van der Waals surface area contributed by atoms with Crippen LogP contribution >= 0.6 is 0 Å². The number of nitrogen functional groups attached to an aromatic ring is 1. The largest absolute Gasteiger partial charge is 0.398 e. The van der Waals surface area contributed by atoms with Crippen molar-refractivity contribution in [3.8, 4) is 0 Å². The SMILES string of the molecule is Nc1ccccc1CN/C=C\C(=O)c1ccccc1. The third-order valence-electron chi connectivity index (χ3n) is 2.76. The molecule has 0 aliphatic carbocycles. The van der Waals surface area contributed by atoms with Gasteiger partial charge in [0.2, 0.25) is 0 Å². The average Bonchev–Trinajstić information content (AvgIpc) is 2.46. The lowest BCUT2D eigenvalue weighted by molar-refractivity contribution is 0.104. The highest BCUT2D eigenvalue weighted by atomic mass is 16.1. The van der Waals surface area contributed by atoms with E-state index in [-0.39, 0.29) is 5.78 Å². The van der Waals surface area contributed by atoms with E-state index in [2.05, 4.69) is 5.32 Å². The normalized spacial score (nSPS) is 10.5. The number of carbonyl (C=O) groups excluding carboxylic acids is 1. The Morgan fingerprint density at radius 2 is 1.74 bits per heavy atom. The van der Waals surface area contributed by atoms with E-state index < -0.39 is 0 Å². The van der Waals surface area contributed by atoms with E-state index in [0.29, 0.717) is 12.1 Å². The molecule has 0 aromatic heterocycles. The third kappa shape index (κ3) is 3.71. The van der Waals surface area contributed by atoms with Crippen molar-refractivity contribution >= 4 is 11.5 Å². The van der Waals surface area contributed by atoms with Gasteiger partial charge in [-0.15, -0.1) is 0 Å². The summed E-state index contributed by atoms with van der Waals surface area (Å²) in [5.74, 6) is -0.0193. The number of nitrogens with two attached hydrogens (primary N) is 1. The van der Waals surface area contributed by atoms with Gasteiger partial charge in [-0.25, -0.2) is 0 Å². The van der Waals surface area contributed by atoms with Crippen molar-refractivity contribution in [1.82, 2.24) is 5.32 Å². The molecule has 0 saturated heterocycles. The number of nitrogens with one attached hydrogen (secondary N) is 1. The Hall–Kier alpha value is -2.55. The Labute approximate surface area is 112 Å². The van der Waals surface area contributed by atoms with Crippen molar-refractivity contribution in [2.45, 2.75) is 6.54 Å². The number of allylic oxidation sites excluding steroid dienone is 1. The Balaban J connectivity index is 1.88. The topological polar surface area (TPSA) is 55.1 Å². The van der Waals surface area contributed by atoms with Gasteiger partial charge in [0.05, 0.1) is 0 Å². The van der Waals surface area contributed by atoms with Crippen molar-refractivity contribution in [1.29, 1.82) is 0 Å². The van der Waals surface area contributed by atoms with Crippen LogP contribution in [0.5, 0.6) is 0 Å². The van der Waals surface area contributed by atoms with Crippen molar-refractivity contribution in [2.75, 3.05) is 5.73 Å². The Morgan fingerprint density at radius 1 is 1.05 bits per heavy atom. The summed E-state index contributed by atoms with van der Waals surface area (Å²) in [5.41, 5.74) is 8.26. The maximum atomic E-state index is 11.8. The minimum absolute atomic E-state index is 0.0193. The molecular weight excluding hydrogens is 236 g/mol. The number of rotatable bonds is 5. The fourth-order valence-electron chi connectivity index (χ4n) is 1.70. The lowest BCUT2D eigenvalue weighted by Crippen LogP contribution is -2.07. The molecule has 2 rings (SSSR count). The van der Waals surface area contributed by atoms with E-state index in [0.717, 1.165) is 11.3 Å². The first-order valence-electron chi connectivity index (χ1n) is 6.10.